The molecule has 1 rings (SSSR count). The van der Waals surface area contributed by atoms with Gasteiger partial charge in [-0.05, 0) is 25.0 Å². The second-order valence-electron chi connectivity index (χ2n) is 4.00. The topological polar surface area (TPSA) is 76.5 Å². The molecule has 1 heterocycles. The van der Waals surface area contributed by atoms with Crippen molar-refractivity contribution in [3.05, 3.63) is 30.1 Å². The van der Waals surface area contributed by atoms with E-state index in [4.69, 9.17) is 4.74 Å². The molecule has 0 amide bonds. The fraction of sp³-hybridized carbons (Fsp3) is 0.462. The molecule has 0 saturated carbocycles. The van der Waals surface area contributed by atoms with Gasteiger partial charge in [-0.1, -0.05) is 13.0 Å². The van der Waals surface area contributed by atoms with Crippen molar-refractivity contribution in [3.8, 4) is 0 Å². The Morgan fingerprint density at radius 3 is 2.61 bits per heavy atom. The first-order valence-corrected chi connectivity index (χ1v) is 5.86. The molecule has 0 aliphatic rings. The summed E-state index contributed by atoms with van der Waals surface area (Å²) in [5.41, 5.74) is -0.825. The Balaban J connectivity index is 3.05. The van der Waals surface area contributed by atoms with Crippen LogP contribution in [0.4, 0.5) is 0 Å². The number of esters is 1. The molecular formula is C13H17NO4. The van der Waals surface area contributed by atoms with E-state index < -0.39 is 17.4 Å². The van der Waals surface area contributed by atoms with E-state index in [9.17, 15) is 14.7 Å². The third-order valence-electron chi connectivity index (χ3n) is 2.91. The van der Waals surface area contributed by atoms with Crippen molar-refractivity contribution in [3.63, 3.8) is 0 Å². The predicted molar refractivity (Wildman–Crippen MR) is 64.9 cm³/mol. The molecule has 0 saturated heterocycles. The van der Waals surface area contributed by atoms with Gasteiger partial charge in [-0.25, -0.2) is 0 Å². The lowest BCUT2D eigenvalue weighted by atomic mass is 9.79. The number of nitrogens with zero attached hydrogens (tertiary/aromatic N) is 1. The summed E-state index contributed by atoms with van der Waals surface area (Å²) in [6.45, 7) is 3.49. The molecule has 98 valence electrons. The van der Waals surface area contributed by atoms with Crippen molar-refractivity contribution < 1.29 is 19.4 Å². The van der Waals surface area contributed by atoms with E-state index in [1.807, 2.05) is 0 Å². The number of ether oxygens (including phenoxy) is 1. The summed E-state index contributed by atoms with van der Waals surface area (Å²) >= 11 is 0. The van der Waals surface area contributed by atoms with Gasteiger partial charge in [0, 0.05) is 18.8 Å². The molecule has 0 aliphatic carbocycles. The maximum Gasteiger partial charge on any atom is 0.323 e. The Morgan fingerprint density at radius 1 is 1.44 bits per heavy atom. The van der Waals surface area contributed by atoms with Crippen LogP contribution in [0.3, 0.4) is 0 Å². The van der Waals surface area contributed by atoms with Crippen molar-refractivity contribution in [1.29, 1.82) is 0 Å². The van der Waals surface area contributed by atoms with Gasteiger partial charge >= 0.3 is 11.9 Å². The largest absolute Gasteiger partial charge is 0.480 e. The van der Waals surface area contributed by atoms with E-state index in [1.54, 1.807) is 38.4 Å². The van der Waals surface area contributed by atoms with Crippen LogP contribution >= 0.6 is 0 Å². The highest BCUT2D eigenvalue weighted by Crippen LogP contribution is 2.29. The van der Waals surface area contributed by atoms with E-state index in [1.165, 1.54) is 0 Å². The minimum Gasteiger partial charge on any atom is -0.480 e. The van der Waals surface area contributed by atoms with Crippen LogP contribution in [-0.4, -0.2) is 28.6 Å². The first kappa shape index (κ1) is 14.2. The summed E-state index contributed by atoms with van der Waals surface area (Å²) in [6.07, 6.45) is 3.43. The Labute approximate surface area is 106 Å². The van der Waals surface area contributed by atoms with Gasteiger partial charge in [0.2, 0.25) is 0 Å². The van der Waals surface area contributed by atoms with E-state index >= 15 is 0 Å². The van der Waals surface area contributed by atoms with Gasteiger partial charge in [0.1, 0.15) is 0 Å². The van der Waals surface area contributed by atoms with Crippen LogP contribution in [0, 0.1) is 5.41 Å². The summed E-state index contributed by atoms with van der Waals surface area (Å²) in [4.78, 5) is 27.3. The molecule has 0 fully saturated rings. The minimum atomic E-state index is -1.53. The van der Waals surface area contributed by atoms with Gasteiger partial charge in [-0.2, -0.15) is 0 Å². The van der Waals surface area contributed by atoms with Crippen molar-refractivity contribution >= 4 is 11.9 Å². The average molecular weight is 251 g/mol. The zero-order chi connectivity index (χ0) is 13.6. The molecule has 0 aromatic carbocycles. The number of hydrogen-bond acceptors (Lipinski definition) is 4. The van der Waals surface area contributed by atoms with E-state index in [2.05, 4.69) is 4.98 Å². The molecule has 18 heavy (non-hydrogen) atoms. The molecule has 0 spiro atoms. The molecule has 1 aromatic rings. The number of carboxylic acid groups (broad SMARTS) is 1. The number of rotatable bonds is 6. The highest BCUT2D eigenvalue weighted by atomic mass is 16.5. The summed E-state index contributed by atoms with van der Waals surface area (Å²) in [5.74, 6) is -1.85. The maximum atomic E-state index is 11.9. The highest BCUT2D eigenvalue weighted by Gasteiger charge is 2.46. The first-order valence-electron chi connectivity index (χ1n) is 5.86. The van der Waals surface area contributed by atoms with Crippen LogP contribution < -0.4 is 0 Å². The number of carbonyl (C=O) groups excluding carboxylic acids is 1. The molecule has 1 unspecified atom stereocenters. The quantitative estimate of drug-likeness (QED) is 0.614. The fourth-order valence-corrected chi connectivity index (χ4v) is 1.78. The standard InChI is InChI=1S/C13H17NO4/c1-3-13(11(15)16,12(17)18-4-2)8-10-6-5-7-14-9-10/h5-7,9H,3-4,8H2,1-2H3,(H,15,16). The van der Waals surface area contributed by atoms with Gasteiger partial charge in [-0.15, -0.1) is 0 Å². The van der Waals surface area contributed by atoms with Gasteiger partial charge in [0.25, 0.3) is 0 Å². The van der Waals surface area contributed by atoms with Gasteiger partial charge in [0.15, 0.2) is 5.41 Å². The number of aliphatic carboxylic acids is 1. The predicted octanol–water partition coefficient (Wildman–Crippen LogP) is 1.67. The Bertz CT molecular complexity index is 418. The lowest BCUT2D eigenvalue weighted by Gasteiger charge is -2.25. The number of pyridine rings is 1. The highest BCUT2D eigenvalue weighted by molar-refractivity contribution is 5.99. The van der Waals surface area contributed by atoms with Crippen molar-refractivity contribution in [2.75, 3.05) is 6.61 Å². The minimum absolute atomic E-state index is 0.0888. The average Bonchev–Trinajstić information content (AvgIpc) is 2.37. The molecular weight excluding hydrogens is 234 g/mol. The third-order valence-corrected chi connectivity index (χ3v) is 2.91. The smallest absolute Gasteiger partial charge is 0.323 e. The number of hydrogen-bond donors (Lipinski definition) is 1. The second kappa shape index (κ2) is 6.14. The van der Waals surface area contributed by atoms with Gasteiger partial charge in [0.05, 0.1) is 6.61 Å². The molecule has 0 radical (unpaired) electrons. The van der Waals surface area contributed by atoms with E-state index in [0.29, 0.717) is 5.56 Å². The number of carboxylic acids is 1. The van der Waals surface area contributed by atoms with Crippen molar-refractivity contribution in [2.24, 2.45) is 5.41 Å². The Hall–Kier alpha value is -1.91. The van der Waals surface area contributed by atoms with Crippen LogP contribution in [0.15, 0.2) is 24.5 Å². The molecule has 1 atom stereocenters. The second-order valence-corrected chi connectivity index (χ2v) is 4.00. The van der Waals surface area contributed by atoms with Gasteiger partial charge in [-0.3, -0.25) is 14.6 Å². The van der Waals surface area contributed by atoms with Crippen LogP contribution in [0.2, 0.25) is 0 Å². The molecule has 0 bridgehead atoms. The lowest BCUT2D eigenvalue weighted by Crippen LogP contribution is -2.42. The fourth-order valence-electron chi connectivity index (χ4n) is 1.78. The monoisotopic (exact) mass is 251 g/mol. The van der Waals surface area contributed by atoms with Crippen LogP contribution in [0.1, 0.15) is 25.8 Å². The summed E-state index contributed by atoms with van der Waals surface area (Å²) in [7, 11) is 0. The van der Waals surface area contributed by atoms with Gasteiger partial charge < -0.3 is 9.84 Å². The van der Waals surface area contributed by atoms with Crippen LogP contribution in [0.5, 0.6) is 0 Å². The first-order chi connectivity index (χ1) is 8.56. The summed E-state index contributed by atoms with van der Waals surface area (Å²) in [6, 6.07) is 3.46. The Morgan fingerprint density at radius 2 is 2.17 bits per heavy atom. The zero-order valence-corrected chi connectivity index (χ0v) is 10.5. The summed E-state index contributed by atoms with van der Waals surface area (Å²) < 4.78 is 4.89. The summed E-state index contributed by atoms with van der Waals surface area (Å²) in [5, 5.41) is 9.36. The van der Waals surface area contributed by atoms with Crippen LogP contribution in [-0.2, 0) is 20.7 Å². The molecule has 5 heteroatoms. The Kier molecular flexibility index (Phi) is 4.83. The molecule has 1 N–H and O–H groups in total. The third kappa shape index (κ3) is 2.85. The van der Waals surface area contributed by atoms with Crippen molar-refractivity contribution in [2.45, 2.75) is 26.7 Å². The van der Waals surface area contributed by atoms with Crippen molar-refractivity contribution in [1.82, 2.24) is 4.98 Å². The molecule has 5 nitrogen and oxygen atoms in total. The number of carbonyl (C=O) groups is 2. The number of aromatic nitrogens is 1. The van der Waals surface area contributed by atoms with Crippen LogP contribution in [0.25, 0.3) is 0 Å². The van der Waals surface area contributed by atoms with E-state index in [-0.39, 0.29) is 19.4 Å². The zero-order valence-electron chi connectivity index (χ0n) is 10.5. The SMILES string of the molecule is CCOC(=O)C(CC)(Cc1cccnc1)C(=O)O. The molecule has 0 aliphatic heterocycles. The maximum absolute atomic E-state index is 11.9. The molecule has 1 aromatic heterocycles. The van der Waals surface area contributed by atoms with E-state index in [0.717, 1.165) is 0 Å². The lowest BCUT2D eigenvalue weighted by molar-refractivity contribution is -0.168. The normalized spacial score (nSPS) is 13.7.